The van der Waals surface area contributed by atoms with Crippen LogP contribution in [0.5, 0.6) is 0 Å². The van der Waals surface area contributed by atoms with Crippen LogP contribution in [0.15, 0.2) is 12.2 Å². The van der Waals surface area contributed by atoms with Crippen LogP contribution in [0, 0.1) is 0 Å². The van der Waals surface area contributed by atoms with Gasteiger partial charge in [-0.3, -0.25) is 0 Å². The van der Waals surface area contributed by atoms with E-state index in [2.05, 4.69) is 30.1 Å². The van der Waals surface area contributed by atoms with Crippen LogP contribution >= 0.6 is 0 Å². The van der Waals surface area contributed by atoms with Crippen LogP contribution in [0.4, 0.5) is 0 Å². The molecular formula is C11H23NSi. The Kier molecular flexibility index (Phi) is 5.40. The molecule has 0 atom stereocenters. The quantitative estimate of drug-likeness (QED) is 0.483. The van der Waals surface area contributed by atoms with Crippen molar-refractivity contribution in [3.8, 4) is 0 Å². The molecule has 0 aromatic rings. The summed E-state index contributed by atoms with van der Waals surface area (Å²) in [6, 6.07) is 1.38. The maximum Gasteiger partial charge on any atom is 0.0344 e. The van der Waals surface area contributed by atoms with Gasteiger partial charge in [0.15, 0.2) is 0 Å². The third kappa shape index (κ3) is 5.27. The first-order valence-electron chi connectivity index (χ1n) is 5.66. The highest BCUT2D eigenvalue weighted by Crippen LogP contribution is 2.07. The first-order valence-corrected chi connectivity index (χ1v) is 8.79. The van der Waals surface area contributed by atoms with Crippen molar-refractivity contribution in [3.63, 3.8) is 0 Å². The molecule has 1 rings (SSSR count). The lowest BCUT2D eigenvalue weighted by Crippen LogP contribution is -2.19. The summed E-state index contributed by atoms with van der Waals surface area (Å²) in [5, 5.41) is 0. The highest BCUT2D eigenvalue weighted by molar-refractivity contribution is 6.56. The first kappa shape index (κ1) is 11.0. The smallest absolute Gasteiger partial charge is 0.0344 e. The average Bonchev–Trinajstić information content (AvgIpc) is 2.55. The maximum absolute atomic E-state index is 2.58. The van der Waals surface area contributed by atoms with E-state index < -0.39 is 0 Å². The van der Waals surface area contributed by atoms with E-state index in [1.807, 2.05) is 0 Å². The Labute approximate surface area is 84.4 Å². The molecule has 0 saturated carbocycles. The predicted octanol–water partition coefficient (Wildman–Crippen LogP) is 2.52. The van der Waals surface area contributed by atoms with Crippen molar-refractivity contribution in [1.29, 1.82) is 0 Å². The van der Waals surface area contributed by atoms with Gasteiger partial charge < -0.3 is 4.90 Å². The van der Waals surface area contributed by atoms with Gasteiger partial charge in [0, 0.05) is 15.3 Å². The standard InChI is InChI=1S/C11H23NSi/c1-13(2)11-7-3-4-8-12-9-5-6-10-12/h3,7,13H,4-6,8-11H2,1-2H3. The molecule has 13 heavy (non-hydrogen) atoms. The SMILES string of the molecule is C[SiH](C)CC=CCCN1CCCC1. The van der Waals surface area contributed by atoms with Gasteiger partial charge in [-0.25, -0.2) is 0 Å². The third-order valence-electron chi connectivity index (χ3n) is 2.58. The Morgan fingerprint density at radius 2 is 1.85 bits per heavy atom. The van der Waals surface area contributed by atoms with Crippen LogP contribution in [0.3, 0.4) is 0 Å². The molecule has 2 heteroatoms. The summed E-state index contributed by atoms with van der Waals surface area (Å²) in [7, 11) is -0.340. The second kappa shape index (κ2) is 6.38. The van der Waals surface area contributed by atoms with Gasteiger partial charge in [0.2, 0.25) is 0 Å². The van der Waals surface area contributed by atoms with E-state index >= 15 is 0 Å². The second-order valence-electron chi connectivity index (χ2n) is 4.44. The van der Waals surface area contributed by atoms with E-state index in [1.165, 1.54) is 44.9 Å². The molecule has 0 N–H and O–H groups in total. The Morgan fingerprint density at radius 3 is 2.46 bits per heavy atom. The molecule has 0 unspecified atom stereocenters. The molecule has 1 saturated heterocycles. The molecule has 0 aromatic heterocycles. The molecule has 0 spiro atoms. The molecule has 1 heterocycles. The lowest BCUT2D eigenvalue weighted by Gasteiger charge is -2.11. The molecule has 1 nitrogen and oxygen atoms in total. The summed E-state index contributed by atoms with van der Waals surface area (Å²) in [4.78, 5) is 2.58. The molecule has 0 radical (unpaired) electrons. The minimum atomic E-state index is -0.340. The van der Waals surface area contributed by atoms with Crippen LogP contribution in [-0.4, -0.2) is 33.3 Å². The van der Waals surface area contributed by atoms with Crippen molar-refractivity contribution in [3.05, 3.63) is 12.2 Å². The zero-order valence-corrected chi connectivity index (χ0v) is 10.3. The first-order chi connectivity index (χ1) is 6.29. The van der Waals surface area contributed by atoms with E-state index in [4.69, 9.17) is 0 Å². The molecule has 0 aliphatic carbocycles. The molecule has 0 aromatic carbocycles. The van der Waals surface area contributed by atoms with Crippen molar-refractivity contribution in [2.45, 2.75) is 38.4 Å². The van der Waals surface area contributed by atoms with Crippen molar-refractivity contribution in [2.24, 2.45) is 0 Å². The molecular weight excluding hydrogens is 174 g/mol. The summed E-state index contributed by atoms with van der Waals surface area (Å²) < 4.78 is 0. The highest BCUT2D eigenvalue weighted by Gasteiger charge is 2.08. The normalized spacial score (nSPS) is 19.3. The number of likely N-dealkylation sites (tertiary alicyclic amines) is 1. The minimum Gasteiger partial charge on any atom is -0.303 e. The monoisotopic (exact) mass is 197 g/mol. The van der Waals surface area contributed by atoms with E-state index in [1.54, 1.807) is 0 Å². The highest BCUT2D eigenvalue weighted by atomic mass is 28.3. The van der Waals surface area contributed by atoms with Gasteiger partial charge in [0.05, 0.1) is 0 Å². The van der Waals surface area contributed by atoms with Gasteiger partial charge in [0.25, 0.3) is 0 Å². The largest absolute Gasteiger partial charge is 0.303 e. The topological polar surface area (TPSA) is 3.24 Å². The molecule has 76 valence electrons. The molecule has 1 aliphatic heterocycles. The van der Waals surface area contributed by atoms with Crippen molar-refractivity contribution < 1.29 is 0 Å². The summed E-state index contributed by atoms with van der Waals surface area (Å²) in [5.41, 5.74) is 0. The number of rotatable bonds is 5. The summed E-state index contributed by atoms with van der Waals surface area (Å²) in [6.07, 6.45) is 8.88. The summed E-state index contributed by atoms with van der Waals surface area (Å²) in [6.45, 7) is 8.78. The molecule has 0 amide bonds. The lowest BCUT2D eigenvalue weighted by atomic mass is 10.3. The van der Waals surface area contributed by atoms with Crippen LogP contribution in [0.2, 0.25) is 19.1 Å². The minimum absolute atomic E-state index is 0.340. The predicted molar refractivity (Wildman–Crippen MR) is 63.1 cm³/mol. The summed E-state index contributed by atoms with van der Waals surface area (Å²) >= 11 is 0. The van der Waals surface area contributed by atoms with Gasteiger partial charge in [0.1, 0.15) is 0 Å². The zero-order chi connectivity index (χ0) is 9.52. The average molecular weight is 197 g/mol. The van der Waals surface area contributed by atoms with E-state index in [9.17, 15) is 0 Å². The molecule has 1 aliphatic rings. The van der Waals surface area contributed by atoms with Crippen LogP contribution in [-0.2, 0) is 0 Å². The van der Waals surface area contributed by atoms with Crippen LogP contribution < -0.4 is 0 Å². The fourth-order valence-electron chi connectivity index (χ4n) is 1.75. The molecule has 1 fully saturated rings. The van der Waals surface area contributed by atoms with Gasteiger partial charge in [-0.05, 0) is 38.4 Å². The van der Waals surface area contributed by atoms with E-state index in [-0.39, 0.29) is 8.80 Å². The lowest BCUT2D eigenvalue weighted by molar-refractivity contribution is 0.346. The Morgan fingerprint density at radius 1 is 1.15 bits per heavy atom. The number of hydrogen-bond acceptors (Lipinski definition) is 1. The van der Waals surface area contributed by atoms with Crippen molar-refractivity contribution in [1.82, 2.24) is 4.90 Å². The Balaban J connectivity index is 1.96. The zero-order valence-electron chi connectivity index (χ0n) is 9.13. The number of nitrogens with zero attached hydrogens (tertiary/aromatic N) is 1. The molecule has 0 bridgehead atoms. The third-order valence-corrected chi connectivity index (χ3v) is 3.80. The van der Waals surface area contributed by atoms with Gasteiger partial charge in [-0.2, -0.15) is 0 Å². The fourth-order valence-corrected chi connectivity index (χ4v) is 2.49. The van der Waals surface area contributed by atoms with Crippen LogP contribution in [0.1, 0.15) is 19.3 Å². The van der Waals surface area contributed by atoms with Crippen molar-refractivity contribution in [2.75, 3.05) is 19.6 Å². The number of hydrogen-bond donors (Lipinski definition) is 0. The fraction of sp³-hybridized carbons (Fsp3) is 0.818. The van der Waals surface area contributed by atoms with Crippen molar-refractivity contribution >= 4 is 8.80 Å². The van der Waals surface area contributed by atoms with Gasteiger partial charge >= 0.3 is 0 Å². The van der Waals surface area contributed by atoms with Gasteiger partial charge in [-0.1, -0.05) is 25.2 Å². The van der Waals surface area contributed by atoms with E-state index in [0.717, 1.165) is 0 Å². The van der Waals surface area contributed by atoms with E-state index in [0.29, 0.717) is 0 Å². The Hall–Kier alpha value is -0.0831. The number of allylic oxidation sites excluding steroid dienone is 1. The van der Waals surface area contributed by atoms with Gasteiger partial charge in [-0.15, -0.1) is 0 Å². The Bertz CT molecular complexity index is 148. The van der Waals surface area contributed by atoms with Crippen LogP contribution in [0.25, 0.3) is 0 Å². The second-order valence-corrected chi connectivity index (χ2v) is 7.70. The maximum atomic E-state index is 2.58. The summed E-state index contributed by atoms with van der Waals surface area (Å²) in [5.74, 6) is 0.